The van der Waals surface area contributed by atoms with Gasteiger partial charge in [0, 0.05) is 6.42 Å². The van der Waals surface area contributed by atoms with Gasteiger partial charge in [0.1, 0.15) is 30.2 Å². The van der Waals surface area contributed by atoms with E-state index in [9.17, 15) is 9.59 Å². The van der Waals surface area contributed by atoms with Gasteiger partial charge in [-0.2, -0.15) is 0 Å². The molecule has 0 bridgehead atoms. The zero-order valence-electron chi connectivity index (χ0n) is 21.1. The number of rotatable bonds is 6. The predicted molar refractivity (Wildman–Crippen MR) is 145 cm³/mol. The van der Waals surface area contributed by atoms with Crippen LogP contribution < -0.4 is 0 Å². The maximum Gasteiger partial charge on any atom is 0.338 e. The first-order valence-corrected chi connectivity index (χ1v) is 12.9. The van der Waals surface area contributed by atoms with Crippen LogP contribution in [0.1, 0.15) is 51.0 Å². The van der Waals surface area contributed by atoms with Crippen LogP contribution in [0.25, 0.3) is 11.0 Å². The number of aryl methyl sites for hydroxylation is 2. The summed E-state index contributed by atoms with van der Waals surface area (Å²) in [6, 6.07) is 17.6. The van der Waals surface area contributed by atoms with E-state index < -0.39 is 29.7 Å². The minimum atomic E-state index is -0.961. The molecule has 3 aromatic carbocycles. The number of carbonyl (C=O) groups excluding carboxylic acids is 2. The number of nitrogens with zero attached hydrogens (tertiary/aromatic N) is 1. The largest absolute Gasteiger partial charge is 0.459 e. The Hall–Kier alpha value is -3.39. The number of halogens is 2. The van der Waals surface area contributed by atoms with Gasteiger partial charge in [0.25, 0.3) is 0 Å². The molecule has 0 unspecified atom stereocenters. The molecule has 9 heteroatoms. The fourth-order valence-electron chi connectivity index (χ4n) is 4.47. The highest BCUT2D eigenvalue weighted by Gasteiger charge is 2.49. The quantitative estimate of drug-likeness (QED) is 0.272. The monoisotopic (exact) mass is 552 g/mol. The van der Waals surface area contributed by atoms with E-state index in [1.807, 2.05) is 45.0 Å². The number of fused-ring (bicyclic) bond motifs is 1. The number of esters is 2. The van der Waals surface area contributed by atoms with Crippen molar-refractivity contribution in [2.45, 2.75) is 45.0 Å². The van der Waals surface area contributed by atoms with E-state index in [-0.39, 0.29) is 6.61 Å². The Morgan fingerprint density at radius 2 is 1.55 bits per heavy atom. The van der Waals surface area contributed by atoms with Gasteiger partial charge >= 0.3 is 11.9 Å². The lowest BCUT2D eigenvalue weighted by atomic mass is 9.99. The molecule has 3 atom stereocenters. The number of carbonyl (C=O) groups is 2. The van der Waals surface area contributed by atoms with E-state index in [1.165, 1.54) is 0 Å². The molecule has 0 aliphatic carbocycles. The molecule has 1 aromatic heterocycles. The zero-order valence-corrected chi connectivity index (χ0v) is 22.6. The Kier molecular flexibility index (Phi) is 7.18. The third-order valence-corrected chi connectivity index (χ3v) is 7.38. The van der Waals surface area contributed by atoms with Gasteiger partial charge in [-0.05, 0) is 57.2 Å². The Morgan fingerprint density at radius 1 is 0.974 bits per heavy atom. The molecule has 196 valence electrons. The molecule has 1 fully saturated rings. The number of H-pyrrole nitrogens is 1. The van der Waals surface area contributed by atoms with Crippen molar-refractivity contribution in [2.75, 3.05) is 6.61 Å². The summed E-state index contributed by atoms with van der Waals surface area (Å²) in [5.41, 5.74) is 3.28. The second-order valence-corrected chi connectivity index (χ2v) is 10.5. The van der Waals surface area contributed by atoms with E-state index in [0.717, 1.165) is 11.1 Å². The number of benzene rings is 3. The summed E-state index contributed by atoms with van der Waals surface area (Å²) in [7, 11) is 0. The minimum Gasteiger partial charge on any atom is -0.459 e. The van der Waals surface area contributed by atoms with Crippen LogP contribution in [0.15, 0.2) is 60.7 Å². The lowest BCUT2D eigenvalue weighted by molar-refractivity contribution is -0.0775. The van der Waals surface area contributed by atoms with E-state index in [2.05, 4.69) is 9.97 Å². The van der Waals surface area contributed by atoms with Crippen molar-refractivity contribution >= 4 is 46.2 Å². The van der Waals surface area contributed by atoms with Crippen LogP contribution in [0.3, 0.4) is 0 Å². The topological polar surface area (TPSA) is 90.5 Å². The summed E-state index contributed by atoms with van der Waals surface area (Å²) < 4.78 is 17.9. The van der Waals surface area contributed by atoms with Crippen molar-refractivity contribution in [3.05, 3.63) is 98.8 Å². The first kappa shape index (κ1) is 26.2. The third kappa shape index (κ3) is 5.41. The molecule has 0 spiro atoms. The second kappa shape index (κ2) is 10.4. The molecule has 1 saturated heterocycles. The molecule has 1 aliphatic rings. The van der Waals surface area contributed by atoms with Crippen molar-refractivity contribution < 1.29 is 23.8 Å². The first-order valence-electron chi connectivity index (χ1n) is 12.2. The average molecular weight is 553 g/mol. The smallest absolute Gasteiger partial charge is 0.338 e. The van der Waals surface area contributed by atoms with Gasteiger partial charge in [-0.3, -0.25) is 0 Å². The Balaban J connectivity index is 1.39. The summed E-state index contributed by atoms with van der Waals surface area (Å²) in [6.45, 7) is 5.63. The number of imidazole rings is 1. The summed E-state index contributed by atoms with van der Waals surface area (Å²) in [5, 5.41) is 0.790. The molecule has 1 aliphatic heterocycles. The number of nitrogens with one attached hydrogen (secondary N) is 1. The van der Waals surface area contributed by atoms with Crippen molar-refractivity contribution in [1.82, 2.24) is 9.97 Å². The standard InChI is InChI=1S/C29H26Cl2N2O5/c1-16-4-8-18(9-5-16)26(34)36-15-25-24(37-27(35)19-10-6-17(2)7-11-19)14-29(3,38-25)28-32-22-12-20(30)21(31)13-23(22)33-28/h4-13,24-25H,14-15H2,1-3H3,(H,32,33)/t24-,25+,29+/m0/s1. The maximum absolute atomic E-state index is 13.0. The highest BCUT2D eigenvalue weighted by molar-refractivity contribution is 6.42. The number of ether oxygens (including phenoxy) is 3. The molecule has 0 saturated carbocycles. The van der Waals surface area contributed by atoms with E-state index in [0.29, 0.717) is 44.5 Å². The maximum atomic E-state index is 13.0. The van der Waals surface area contributed by atoms with Crippen LogP contribution in [0.2, 0.25) is 10.0 Å². The highest BCUT2D eigenvalue weighted by Crippen LogP contribution is 2.41. The average Bonchev–Trinajstić information content (AvgIpc) is 3.45. The van der Waals surface area contributed by atoms with Gasteiger partial charge in [-0.25, -0.2) is 14.6 Å². The molecule has 4 aromatic rings. The van der Waals surface area contributed by atoms with Crippen molar-refractivity contribution in [2.24, 2.45) is 0 Å². The number of aromatic nitrogens is 2. The number of aromatic amines is 1. The molecule has 38 heavy (non-hydrogen) atoms. The van der Waals surface area contributed by atoms with Crippen molar-refractivity contribution in [1.29, 1.82) is 0 Å². The fourth-order valence-corrected chi connectivity index (χ4v) is 4.79. The second-order valence-electron chi connectivity index (χ2n) is 9.73. The lowest BCUT2D eigenvalue weighted by Crippen LogP contribution is -2.32. The molecule has 5 rings (SSSR count). The molecule has 0 radical (unpaired) electrons. The van der Waals surface area contributed by atoms with Gasteiger partial charge in [0.05, 0.1) is 32.2 Å². The molecule has 1 N–H and O–H groups in total. The van der Waals surface area contributed by atoms with Gasteiger partial charge < -0.3 is 19.2 Å². The summed E-state index contributed by atoms with van der Waals surface area (Å²) in [5.74, 6) is -0.450. The van der Waals surface area contributed by atoms with Crippen LogP contribution in [-0.2, 0) is 19.8 Å². The molecular weight excluding hydrogens is 527 g/mol. The van der Waals surface area contributed by atoms with E-state index >= 15 is 0 Å². The van der Waals surface area contributed by atoms with Gasteiger partial charge in [-0.1, -0.05) is 58.6 Å². The molecule has 7 nitrogen and oxygen atoms in total. The predicted octanol–water partition coefficient (Wildman–Crippen LogP) is 6.57. The summed E-state index contributed by atoms with van der Waals surface area (Å²) >= 11 is 12.3. The van der Waals surface area contributed by atoms with Crippen LogP contribution in [0, 0.1) is 13.8 Å². The summed E-state index contributed by atoms with van der Waals surface area (Å²) in [6.07, 6.45) is -1.12. The normalized spacial score (nSPS) is 21.0. The Bertz CT molecular complexity index is 1460. The minimum absolute atomic E-state index is 0.105. The van der Waals surface area contributed by atoms with Crippen LogP contribution in [-0.4, -0.2) is 40.7 Å². The Morgan fingerprint density at radius 3 is 2.18 bits per heavy atom. The Labute approximate surface area is 230 Å². The lowest BCUT2D eigenvalue weighted by Gasteiger charge is -2.22. The van der Waals surface area contributed by atoms with Crippen LogP contribution in [0.5, 0.6) is 0 Å². The number of hydrogen-bond donors (Lipinski definition) is 1. The van der Waals surface area contributed by atoms with E-state index in [4.69, 9.17) is 37.4 Å². The SMILES string of the molecule is Cc1ccc(C(=O)OC[C@H]2O[C@@](C)(c3nc4cc(Cl)c(Cl)cc4[nH]3)C[C@@H]2OC(=O)c2ccc(C)cc2)cc1. The van der Waals surface area contributed by atoms with Gasteiger partial charge in [0.2, 0.25) is 0 Å². The van der Waals surface area contributed by atoms with Gasteiger partial charge in [0.15, 0.2) is 0 Å². The molecule has 2 heterocycles. The zero-order chi connectivity index (χ0) is 27.0. The first-order chi connectivity index (χ1) is 18.1. The van der Waals surface area contributed by atoms with Crippen molar-refractivity contribution in [3.8, 4) is 0 Å². The highest BCUT2D eigenvalue weighted by atomic mass is 35.5. The van der Waals surface area contributed by atoms with E-state index in [1.54, 1.807) is 36.4 Å². The molecule has 0 amide bonds. The van der Waals surface area contributed by atoms with Gasteiger partial charge in [-0.15, -0.1) is 0 Å². The number of hydrogen-bond acceptors (Lipinski definition) is 6. The third-order valence-electron chi connectivity index (χ3n) is 6.65. The summed E-state index contributed by atoms with van der Waals surface area (Å²) in [4.78, 5) is 33.6. The van der Waals surface area contributed by atoms with Crippen LogP contribution >= 0.6 is 23.2 Å². The fraction of sp³-hybridized carbons (Fsp3) is 0.276. The van der Waals surface area contributed by atoms with Crippen molar-refractivity contribution in [3.63, 3.8) is 0 Å². The molecular formula is C29H26Cl2N2O5. The van der Waals surface area contributed by atoms with Crippen LogP contribution in [0.4, 0.5) is 0 Å².